The van der Waals surface area contributed by atoms with Crippen molar-refractivity contribution in [2.45, 2.75) is 6.92 Å². The summed E-state index contributed by atoms with van der Waals surface area (Å²) in [4.78, 5) is 19.5. The van der Waals surface area contributed by atoms with Gasteiger partial charge in [-0.3, -0.25) is 14.2 Å². The van der Waals surface area contributed by atoms with Crippen molar-refractivity contribution in [3.63, 3.8) is 0 Å². The summed E-state index contributed by atoms with van der Waals surface area (Å²) in [6.45, 7) is 1.37. The molecule has 2 N–H and O–H groups in total. The third-order valence-corrected chi connectivity index (χ3v) is 2.05. The number of likely N-dealkylation sites (N-methyl/N-ethyl adjacent to an activating group) is 1. The molecular formula is C6H12NO5P. The minimum absolute atomic E-state index is 0.00651. The summed E-state index contributed by atoms with van der Waals surface area (Å²) in [6, 6.07) is 0. The van der Waals surface area contributed by atoms with Gasteiger partial charge in [-0.05, 0) is 6.92 Å². The minimum atomic E-state index is -4.04. The Morgan fingerprint density at radius 1 is 1.62 bits per heavy atom. The molecule has 1 unspecified atom stereocenters. The van der Waals surface area contributed by atoms with E-state index in [9.17, 15) is 9.36 Å². The summed E-state index contributed by atoms with van der Waals surface area (Å²) in [5.74, 6) is -0.416. The second kappa shape index (κ2) is 5.01. The van der Waals surface area contributed by atoms with Gasteiger partial charge in [0.1, 0.15) is 5.76 Å². The largest absolute Gasteiger partial charge is 0.526 e. The molecule has 0 fully saturated rings. The quantitative estimate of drug-likeness (QED) is 0.397. The third kappa shape index (κ3) is 5.41. The van der Waals surface area contributed by atoms with Crippen LogP contribution >= 0.6 is 7.82 Å². The van der Waals surface area contributed by atoms with Crippen molar-refractivity contribution >= 4 is 13.7 Å². The van der Waals surface area contributed by atoms with Gasteiger partial charge in [0.05, 0.1) is 0 Å². The number of allylic oxidation sites excluding steroid dienone is 1. The monoisotopic (exact) mass is 209 g/mol. The number of hydrogen-bond donors (Lipinski definition) is 2. The maximum absolute atomic E-state index is 10.8. The fraction of sp³-hybridized carbons (Fsp3) is 0.500. The number of phosphoric acid groups is 1. The molecule has 0 aromatic carbocycles. The Hall–Kier alpha value is -0.840. The van der Waals surface area contributed by atoms with E-state index in [4.69, 9.17) is 4.89 Å². The Labute approximate surface area is 76.2 Å². The lowest BCUT2D eigenvalue weighted by Crippen LogP contribution is -2.15. The number of rotatable bonds is 4. The van der Waals surface area contributed by atoms with E-state index in [1.165, 1.54) is 14.0 Å². The lowest BCUT2D eigenvalue weighted by atomic mass is 10.5. The molecular weight excluding hydrogens is 197 g/mol. The van der Waals surface area contributed by atoms with Crippen molar-refractivity contribution in [2.75, 3.05) is 14.2 Å². The van der Waals surface area contributed by atoms with Crippen molar-refractivity contribution in [2.24, 2.45) is 0 Å². The zero-order chi connectivity index (χ0) is 10.5. The van der Waals surface area contributed by atoms with E-state index >= 15 is 0 Å². The highest BCUT2D eigenvalue weighted by atomic mass is 31.2. The maximum Gasteiger partial charge on any atom is 0.526 e. The number of hydrogen-bond acceptors (Lipinski definition) is 4. The van der Waals surface area contributed by atoms with Crippen LogP contribution in [0.5, 0.6) is 0 Å². The number of amides is 1. The van der Waals surface area contributed by atoms with Gasteiger partial charge in [-0.25, -0.2) is 4.57 Å². The molecule has 0 rings (SSSR count). The van der Waals surface area contributed by atoms with Crippen LogP contribution in [0.2, 0.25) is 0 Å². The normalized spacial score (nSPS) is 16.2. The molecule has 76 valence electrons. The zero-order valence-corrected chi connectivity index (χ0v) is 8.50. The highest BCUT2D eigenvalue weighted by Crippen LogP contribution is 2.44. The predicted molar refractivity (Wildman–Crippen MR) is 45.7 cm³/mol. The Kier molecular flexibility index (Phi) is 4.69. The van der Waals surface area contributed by atoms with Gasteiger partial charge >= 0.3 is 7.82 Å². The molecule has 0 radical (unpaired) electrons. The minimum Gasteiger partial charge on any atom is -0.409 e. The zero-order valence-electron chi connectivity index (χ0n) is 7.60. The fourth-order valence-corrected chi connectivity index (χ4v) is 0.994. The summed E-state index contributed by atoms with van der Waals surface area (Å²) in [5, 5.41) is 2.29. The highest BCUT2D eigenvalue weighted by Gasteiger charge is 2.20. The molecule has 6 nitrogen and oxygen atoms in total. The van der Waals surface area contributed by atoms with E-state index in [0.717, 1.165) is 13.2 Å². The van der Waals surface area contributed by atoms with Crippen LogP contribution in [-0.2, 0) is 18.4 Å². The van der Waals surface area contributed by atoms with Crippen LogP contribution in [0.15, 0.2) is 11.8 Å². The van der Waals surface area contributed by atoms with Crippen molar-refractivity contribution in [3.8, 4) is 0 Å². The maximum atomic E-state index is 10.8. The van der Waals surface area contributed by atoms with E-state index in [2.05, 4.69) is 14.4 Å². The summed E-state index contributed by atoms with van der Waals surface area (Å²) in [6.07, 6.45) is 1.04. The molecule has 0 aliphatic rings. The molecule has 0 saturated heterocycles. The molecule has 0 heterocycles. The lowest BCUT2D eigenvalue weighted by molar-refractivity contribution is -0.116. The van der Waals surface area contributed by atoms with Crippen LogP contribution in [0, 0.1) is 0 Å². The Balaban J connectivity index is 4.30. The van der Waals surface area contributed by atoms with E-state index < -0.39 is 13.7 Å². The highest BCUT2D eigenvalue weighted by molar-refractivity contribution is 7.47. The van der Waals surface area contributed by atoms with E-state index in [-0.39, 0.29) is 5.76 Å². The third-order valence-electron chi connectivity index (χ3n) is 1.07. The van der Waals surface area contributed by atoms with E-state index in [1.807, 2.05) is 0 Å². The summed E-state index contributed by atoms with van der Waals surface area (Å²) >= 11 is 0. The first kappa shape index (κ1) is 12.2. The fourth-order valence-electron chi connectivity index (χ4n) is 0.502. The lowest BCUT2D eigenvalue weighted by Gasteiger charge is -2.09. The van der Waals surface area contributed by atoms with E-state index in [1.54, 1.807) is 0 Å². The first-order valence-corrected chi connectivity index (χ1v) is 4.89. The van der Waals surface area contributed by atoms with Gasteiger partial charge in [-0.2, -0.15) is 0 Å². The molecule has 0 bridgehead atoms. The molecule has 13 heavy (non-hydrogen) atoms. The second-order valence-electron chi connectivity index (χ2n) is 2.11. The smallest absolute Gasteiger partial charge is 0.409 e. The van der Waals surface area contributed by atoms with Crippen LogP contribution in [0.4, 0.5) is 0 Å². The Morgan fingerprint density at radius 2 is 2.15 bits per heavy atom. The first-order chi connectivity index (χ1) is 5.91. The molecule has 0 aliphatic heterocycles. The molecule has 0 aromatic heterocycles. The van der Waals surface area contributed by atoms with Crippen LogP contribution in [0.1, 0.15) is 6.92 Å². The standard InChI is InChI=1S/C6H12NO5P/c1-5(4-6(8)7-2)12-13(9,10)11-3/h4H,1-3H3,(H,7,8)(H,9,10)/b5-4+. The molecule has 0 aliphatic carbocycles. The second-order valence-corrected chi connectivity index (χ2v) is 3.60. The SMILES string of the molecule is CNC(=O)/C=C(\C)OP(=O)(O)OC. The van der Waals surface area contributed by atoms with Crippen molar-refractivity contribution < 1.29 is 23.3 Å². The van der Waals surface area contributed by atoms with Crippen molar-refractivity contribution in [1.82, 2.24) is 5.32 Å². The van der Waals surface area contributed by atoms with Crippen molar-refractivity contribution in [3.05, 3.63) is 11.8 Å². The first-order valence-electron chi connectivity index (χ1n) is 3.39. The van der Waals surface area contributed by atoms with Gasteiger partial charge in [-0.15, -0.1) is 0 Å². The number of carbonyl (C=O) groups is 1. The Morgan fingerprint density at radius 3 is 2.54 bits per heavy atom. The Bertz CT molecular complexity index is 262. The van der Waals surface area contributed by atoms with Gasteiger partial charge in [0.15, 0.2) is 0 Å². The van der Waals surface area contributed by atoms with Gasteiger partial charge in [0.2, 0.25) is 5.91 Å². The van der Waals surface area contributed by atoms with E-state index in [0.29, 0.717) is 0 Å². The van der Waals surface area contributed by atoms with Gasteiger partial charge in [0.25, 0.3) is 0 Å². The van der Waals surface area contributed by atoms with Crippen LogP contribution < -0.4 is 5.32 Å². The average molecular weight is 209 g/mol. The number of nitrogens with one attached hydrogen (secondary N) is 1. The molecule has 0 spiro atoms. The topological polar surface area (TPSA) is 84.9 Å². The summed E-state index contributed by atoms with van der Waals surface area (Å²) < 4.78 is 19.4. The average Bonchev–Trinajstić information content (AvgIpc) is 2.03. The van der Waals surface area contributed by atoms with Crippen LogP contribution in [0.25, 0.3) is 0 Å². The molecule has 1 atom stereocenters. The number of carbonyl (C=O) groups excluding carboxylic acids is 1. The number of phosphoric ester groups is 1. The molecule has 7 heteroatoms. The molecule has 0 saturated carbocycles. The summed E-state index contributed by atoms with van der Waals surface area (Å²) in [7, 11) is -1.58. The van der Waals surface area contributed by atoms with Gasteiger partial charge < -0.3 is 9.84 Å². The van der Waals surface area contributed by atoms with Crippen LogP contribution in [0.3, 0.4) is 0 Å². The molecule has 1 amide bonds. The molecule has 0 aromatic rings. The van der Waals surface area contributed by atoms with Crippen LogP contribution in [-0.4, -0.2) is 25.0 Å². The van der Waals surface area contributed by atoms with Crippen molar-refractivity contribution in [1.29, 1.82) is 0 Å². The van der Waals surface area contributed by atoms with Gasteiger partial charge in [0, 0.05) is 20.2 Å². The van der Waals surface area contributed by atoms with Gasteiger partial charge in [-0.1, -0.05) is 0 Å². The predicted octanol–water partition coefficient (Wildman–Crippen LogP) is 0.400. The summed E-state index contributed by atoms with van der Waals surface area (Å²) in [5.41, 5.74) is 0.